The molecule has 0 spiro atoms. The van der Waals surface area contributed by atoms with Crippen molar-refractivity contribution in [3.8, 4) is 5.75 Å². The lowest BCUT2D eigenvalue weighted by atomic mass is 9.91. The van der Waals surface area contributed by atoms with Crippen LogP contribution in [0, 0.1) is 0 Å². The summed E-state index contributed by atoms with van der Waals surface area (Å²) in [5.74, 6) is 0.810. The summed E-state index contributed by atoms with van der Waals surface area (Å²) >= 11 is 0. The Kier molecular flexibility index (Phi) is 2.46. The highest BCUT2D eigenvalue weighted by Crippen LogP contribution is 2.26. The highest BCUT2D eigenvalue weighted by Gasteiger charge is 2.21. The van der Waals surface area contributed by atoms with Gasteiger partial charge in [0.2, 0.25) is 0 Å². The van der Waals surface area contributed by atoms with Gasteiger partial charge in [-0.15, -0.1) is 0 Å². The van der Waals surface area contributed by atoms with E-state index in [2.05, 4.69) is 4.98 Å². The van der Waals surface area contributed by atoms with Crippen molar-refractivity contribution in [1.29, 1.82) is 0 Å². The summed E-state index contributed by atoms with van der Waals surface area (Å²) in [6.45, 7) is 3.78. The molecule has 1 aromatic heterocycles. The molecule has 1 N–H and O–H groups in total. The van der Waals surface area contributed by atoms with Crippen LogP contribution in [0.4, 0.5) is 0 Å². The first kappa shape index (κ1) is 10.7. The summed E-state index contributed by atoms with van der Waals surface area (Å²) in [5, 5.41) is 1.09. The number of aromatic nitrogens is 1. The van der Waals surface area contributed by atoms with Crippen LogP contribution in [0.3, 0.4) is 0 Å². The lowest BCUT2D eigenvalue weighted by molar-refractivity contribution is -0.111. The molecular formula is C13H15NO2. The molecule has 3 nitrogen and oxygen atoms in total. The van der Waals surface area contributed by atoms with Gasteiger partial charge in [0.15, 0.2) is 0 Å². The number of aromatic amines is 1. The van der Waals surface area contributed by atoms with E-state index in [0.29, 0.717) is 0 Å². The number of hydrogen-bond acceptors (Lipinski definition) is 2. The number of carbonyl (C=O) groups excluding carboxylic acids is 1. The number of aldehydes is 1. The first-order chi connectivity index (χ1) is 7.56. The number of methoxy groups -OCH3 is 1. The molecule has 84 valence electrons. The monoisotopic (exact) mass is 217 g/mol. The number of carbonyl (C=O) groups is 1. The Morgan fingerprint density at radius 2 is 2.06 bits per heavy atom. The second-order valence-corrected chi connectivity index (χ2v) is 4.48. The molecule has 0 saturated carbocycles. The zero-order chi connectivity index (χ0) is 11.8. The van der Waals surface area contributed by atoms with E-state index in [-0.39, 0.29) is 0 Å². The number of nitrogens with one attached hydrogen (secondary N) is 1. The fraction of sp³-hybridized carbons (Fsp3) is 0.308. The molecule has 0 unspecified atom stereocenters. The van der Waals surface area contributed by atoms with Crippen molar-refractivity contribution in [1.82, 2.24) is 4.98 Å². The average molecular weight is 217 g/mol. The lowest BCUT2D eigenvalue weighted by Gasteiger charge is -2.13. The molecule has 2 rings (SSSR count). The molecule has 1 aromatic carbocycles. The number of benzene rings is 1. The Bertz CT molecular complexity index is 526. The molecular weight excluding hydrogens is 202 g/mol. The molecule has 0 atom stereocenters. The number of ether oxygens (including phenoxy) is 1. The first-order valence-corrected chi connectivity index (χ1v) is 5.20. The van der Waals surface area contributed by atoms with Gasteiger partial charge in [-0.1, -0.05) is 0 Å². The SMILES string of the molecule is COc1ccc2cc(C(C)(C)C=O)[nH]c2c1. The van der Waals surface area contributed by atoms with Crippen molar-refractivity contribution in [2.75, 3.05) is 7.11 Å². The summed E-state index contributed by atoms with van der Waals surface area (Å²) in [7, 11) is 1.64. The minimum absolute atomic E-state index is 0.480. The Morgan fingerprint density at radius 1 is 1.31 bits per heavy atom. The molecule has 1 heterocycles. The predicted octanol–water partition coefficient (Wildman–Crippen LogP) is 2.65. The van der Waals surface area contributed by atoms with Crippen LogP contribution >= 0.6 is 0 Å². The van der Waals surface area contributed by atoms with Crippen LogP contribution in [0.25, 0.3) is 10.9 Å². The number of fused-ring (bicyclic) bond motifs is 1. The van der Waals surface area contributed by atoms with Gasteiger partial charge < -0.3 is 14.5 Å². The van der Waals surface area contributed by atoms with Crippen LogP contribution in [-0.2, 0) is 10.2 Å². The zero-order valence-electron chi connectivity index (χ0n) is 9.70. The van der Waals surface area contributed by atoms with Crippen molar-refractivity contribution in [2.24, 2.45) is 0 Å². The summed E-state index contributed by atoms with van der Waals surface area (Å²) < 4.78 is 5.15. The molecule has 0 amide bonds. The van der Waals surface area contributed by atoms with E-state index in [1.807, 2.05) is 38.1 Å². The van der Waals surface area contributed by atoms with E-state index in [1.165, 1.54) is 0 Å². The van der Waals surface area contributed by atoms with Gasteiger partial charge in [0.1, 0.15) is 12.0 Å². The molecule has 0 aliphatic heterocycles. The largest absolute Gasteiger partial charge is 0.497 e. The number of hydrogen-bond donors (Lipinski definition) is 1. The highest BCUT2D eigenvalue weighted by molar-refractivity contribution is 5.83. The van der Waals surface area contributed by atoms with E-state index in [1.54, 1.807) is 7.11 Å². The van der Waals surface area contributed by atoms with Gasteiger partial charge in [0.25, 0.3) is 0 Å². The van der Waals surface area contributed by atoms with Gasteiger partial charge in [-0.3, -0.25) is 0 Å². The molecule has 0 saturated heterocycles. The minimum atomic E-state index is -0.480. The van der Waals surface area contributed by atoms with Crippen molar-refractivity contribution in [3.63, 3.8) is 0 Å². The topological polar surface area (TPSA) is 42.1 Å². The lowest BCUT2D eigenvalue weighted by Crippen LogP contribution is -2.18. The third-order valence-electron chi connectivity index (χ3n) is 2.82. The molecule has 3 heteroatoms. The average Bonchev–Trinajstić information content (AvgIpc) is 2.72. The van der Waals surface area contributed by atoms with Gasteiger partial charge in [-0.2, -0.15) is 0 Å². The molecule has 0 aliphatic rings. The molecule has 0 aliphatic carbocycles. The van der Waals surface area contributed by atoms with Crippen LogP contribution in [0.15, 0.2) is 24.3 Å². The van der Waals surface area contributed by atoms with Gasteiger partial charge in [-0.25, -0.2) is 0 Å². The van der Waals surface area contributed by atoms with E-state index in [9.17, 15) is 4.79 Å². The third-order valence-corrected chi connectivity index (χ3v) is 2.82. The second kappa shape index (κ2) is 3.67. The Hall–Kier alpha value is -1.77. The normalized spacial score (nSPS) is 11.7. The zero-order valence-corrected chi connectivity index (χ0v) is 9.70. The summed E-state index contributed by atoms with van der Waals surface area (Å²) in [6.07, 6.45) is 0.953. The van der Waals surface area contributed by atoms with Crippen molar-refractivity contribution in [3.05, 3.63) is 30.0 Å². The molecule has 0 fully saturated rings. The fourth-order valence-electron chi connectivity index (χ4n) is 1.64. The first-order valence-electron chi connectivity index (χ1n) is 5.20. The van der Waals surface area contributed by atoms with Crippen molar-refractivity contribution in [2.45, 2.75) is 19.3 Å². The summed E-state index contributed by atoms with van der Waals surface area (Å²) in [4.78, 5) is 14.2. The Balaban J connectivity index is 2.56. The van der Waals surface area contributed by atoms with Crippen LogP contribution in [-0.4, -0.2) is 18.4 Å². The van der Waals surface area contributed by atoms with Gasteiger partial charge >= 0.3 is 0 Å². The van der Waals surface area contributed by atoms with Crippen LogP contribution in [0.2, 0.25) is 0 Å². The van der Waals surface area contributed by atoms with E-state index in [4.69, 9.17) is 4.74 Å². The predicted molar refractivity (Wildman–Crippen MR) is 63.9 cm³/mol. The van der Waals surface area contributed by atoms with Crippen LogP contribution < -0.4 is 4.74 Å². The van der Waals surface area contributed by atoms with Gasteiger partial charge in [0.05, 0.1) is 12.5 Å². The standard InChI is InChI=1S/C13H15NO2/c1-13(2,8-15)12-6-9-4-5-10(16-3)7-11(9)14-12/h4-8,14H,1-3H3. The van der Waals surface area contributed by atoms with Gasteiger partial charge in [0, 0.05) is 17.3 Å². The maximum Gasteiger partial charge on any atom is 0.131 e. The highest BCUT2D eigenvalue weighted by atomic mass is 16.5. The van der Waals surface area contributed by atoms with Crippen molar-refractivity contribution < 1.29 is 9.53 Å². The number of H-pyrrole nitrogens is 1. The summed E-state index contributed by atoms with van der Waals surface area (Å²) in [5.41, 5.74) is 1.43. The third kappa shape index (κ3) is 1.69. The van der Waals surface area contributed by atoms with Crippen LogP contribution in [0.5, 0.6) is 5.75 Å². The minimum Gasteiger partial charge on any atom is -0.497 e. The maximum absolute atomic E-state index is 11.0. The second-order valence-electron chi connectivity index (χ2n) is 4.48. The van der Waals surface area contributed by atoms with E-state index < -0.39 is 5.41 Å². The maximum atomic E-state index is 11.0. The fourth-order valence-corrected chi connectivity index (χ4v) is 1.64. The quantitative estimate of drug-likeness (QED) is 0.803. The van der Waals surface area contributed by atoms with E-state index in [0.717, 1.165) is 28.6 Å². The smallest absolute Gasteiger partial charge is 0.131 e. The molecule has 2 aromatic rings. The van der Waals surface area contributed by atoms with Crippen LogP contribution in [0.1, 0.15) is 19.5 Å². The Morgan fingerprint density at radius 3 is 2.69 bits per heavy atom. The molecule has 0 bridgehead atoms. The number of rotatable bonds is 3. The van der Waals surface area contributed by atoms with E-state index >= 15 is 0 Å². The van der Waals surface area contributed by atoms with Crippen molar-refractivity contribution >= 4 is 17.2 Å². The molecule has 0 radical (unpaired) electrons. The Labute approximate surface area is 94.4 Å². The van der Waals surface area contributed by atoms with Gasteiger partial charge in [-0.05, 0) is 37.4 Å². The molecule has 16 heavy (non-hydrogen) atoms. The summed E-state index contributed by atoms with van der Waals surface area (Å²) in [6, 6.07) is 7.83.